The Morgan fingerprint density at radius 2 is 2.06 bits per heavy atom. The molecule has 1 heterocycles. The highest BCUT2D eigenvalue weighted by Crippen LogP contribution is 2.28. The van der Waals surface area contributed by atoms with Crippen LogP contribution < -0.4 is 4.74 Å². The predicted molar refractivity (Wildman–Crippen MR) is 66.2 cm³/mol. The molecule has 0 atom stereocenters. The fourth-order valence-corrected chi connectivity index (χ4v) is 2.04. The van der Waals surface area contributed by atoms with Gasteiger partial charge in [-0.15, -0.1) is 0 Å². The first kappa shape index (κ1) is 12.2. The second-order valence-corrected chi connectivity index (χ2v) is 3.81. The molecule has 0 amide bonds. The molecule has 1 aromatic heterocycles. The summed E-state index contributed by atoms with van der Waals surface area (Å²) in [5, 5.41) is 0.673. The van der Waals surface area contributed by atoms with Crippen LogP contribution in [-0.4, -0.2) is 31.0 Å². The van der Waals surface area contributed by atoms with Crippen molar-refractivity contribution in [2.75, 3.05) is 14.2 Å². The minimum absolute atomic E-state index is 0.246. The minimum Gasteiger partial charge on any atom is -0.497 e. The molecule has 5 heteroatoms. The number of fused-ring (bicyclic) bond motifs is 1. The Balaban J connectivity index is 2.83. The monoisotopic (exact) mass is 247 g/mol. The van der Waals surface area contributed by atoms with Crippen LogP contribution in [0.1, 0.15) is 20.8 Å². The molecule has 0 spiro atoms. The van der Waals surface area contributed by atoms with Crippen molar-refractivity contribution >= 4 is 23.2 Å². The van der Waals surface area contributed by atoms with Crippen LogP contribution in [0.3, 0.4) is 0 Å². The number of aromatic nitrogens is 1. The van der Waals surface area contributed by atoms with Gasteiger partial charge < -0.3 is 14.0 Å². The fourth-order valence-electron chi connectivity index (χ4n) is 2.04. The molecule has 0 radical (unpaired) electrons. The van der Waals surface area contributed by atoms with Gasteiger partial charge in [0.1, 0.15) is 11.4 Å². The molecule has 0 fully saturated rings. The summed E-state index contributed by atoms with van der Waals surface area (Å²) < 4.78 is 11.5. The van der Waals surface area contributed by atoms with Gasteiger partial charge in [-0.25, -0.2) is 4.79 Å². The summed E-state index contributed by atoms with van der Waals surface area (Å²) in [5.74, 6) is 0.0994. The summed E-state index contributed by atoms with van der Waals surface area (Å²) in [6, 6.07) is 5.30. The van der Waals surface area contributed by atoms with Gasteiger partial charge >= 0.3 is 5.97 Å². The van der Waals surface area contributed by atoms with E-state index in [0.717, 1.165) is 5.52 Å². The third-order valence-electron chi connectivity index (χ3n) is 2.94. The number of methoxy groups -OCH3 is 2. The van der Waals surface area contributed by atoms with Gasteiger partial charge in [0.05, 0.1) is 19.8 Å². The first-order valence-electron chi connectivity index (χ1n) is 5.34. The minimum atomic E-state index is -0.533. The molecule has 0 bridgehead atoms. The predicted octanol–water partition coefficient (Wildman–Crippen LogP) is 1.79. The quantitative estimate of drug-likeness (QED) is 0.613. The lowest BCUT2D eigenvalue weighted by Gasteiger charge is -2.02. The first-order valence-corrected chi connectivity index (χ1v) is 5.34. The average molecular weight is 247 g/mol. The smallest absolute Gasteiger partial charge is 0.355 e. The summed E-state index contributed by atoms with van der Waals surface area (Å²) in [4.78, 5) is 22.9. The van der Waals surface area contributed by atoms with E-state index in [9.17, 15) is 9.59 Å². The van der Waals surface area contributed by atoms with E-state index in [0.29, 0.717) is 23.0 Å². The number of esters is 1. The summed E-state index contributed by atoms with van der Waals surface area (Å²) in [6.45, 7) is 0. The molecule has 0 N–H and O–H groups in total. The van der Waals surface area contributed by atoms with Crippen LogP contribution in [-0.2, 0) is 11.8 Å². The zero-order valence-electron chi connectivity index (χ0n) is 10.4. The van der Waals surface area contributed by atoms with Crippen molar-refractivity contribution in [3.05, 3.63) is 29.5 Å². The summed E-state index contributed by atoms with van der Waals surface area (Å²) in [7, 11) is 4.55. The van der Waals surface area contributed by atoms with Crippen LogP contribution in [0.15, 0.2) is 18.2 Å². The summed E-state index contributed by atoms with van der Waals surface area (Å²) in [6.07, 6.45) is 0.661. The second kappa shape index (κ2) is 4.52. The number of ether oxygens (including phenoxy) is 2. The van der Waals surface area contributed by atoms with Gasteiger partial charge in [0.2, 0.25) is 0 Å². The Morgan fingerprint density at radius 3 is 2.61 bits per heavy atom. The van der Waals surface area contributed by atoms with Gasteiger partial charge in [0, 0.05) is 18.0 Å². The molecule has 18 heavy (non-hydrogen) atoms. The maximum absolute atomic E-state index is 11.7. The summed E-state index contributed by atoms with van der Waals surface area (Å²) >= 11 is 0. The third kappa shape index (κ3) is 1.64. The molecule has 0 aliphatic carbocycles. The van der Waals surface area contributed by atoms with Gasteiger partial charge in [-0.05, 0) is 18.2 Å². The zero-order chi connectivity index (χ0) is 13.3. The van der Waals surface area contributed by atoms with Crippen molar-refractivity contribution in [1.29, 1.82) is 0 Å². The Bertz CT molecular complexity index is 627. The van der Waals surface area contributed by atoms with E-state index in [-0.39, 0.29) is 5.69 Å². The number of hydrogen-bond donors (Lipinski definition) is 0. The highest BCUT2D eigenvalue weighted by atomic mass is 16.5. The number of carbonyl (C=O) groups is 2. The highest BCUT2D eigenvalue weighted by Gasteiger charge is 2.21. The molecule has 0 unspecified atom stereocenters. The maximum atomic E-state index is 11.7. The SMILES string of the molecule is COC(=O)c1c(C=O)c2cc(OC)ccc2n1C. The second-order valence-electron chi connectivity index (χ2n) is 3.81. The van der Waals surface area contributed by atoms with Crippen molar-refractivity contribution in [3.8, 4) is 5.75 Å². The van der Waals surface area contributed by atoms with E-state index in [4.69, 9.17) is 9.47 Å². The van der Waals surface area contributed by atoms with Crippen molar-refractivity contribution in [2.45, 2.75) is 0 Å². The largest absolute Gasteiger partial charge is 0.497 e. The number of benzene rings is 1. The molecule has 1 aromatic carbocycles. The van der Waals surface area contributed by atoms with Crippen molar-refractivity contribution in [2.24, 2.45) is 7.05 Å². The van der Waals surface area contributed by atoms with E-state index < -0.39 is 5.97 Å². The van der Waals surface area contributed by atoms with Crippen molar-refractivity contribution in [1.82, 2.24) is 4.57 Å². The lowest BCUT2D eigenvalue weighted by atomic mass is 10.1. The number of carbonyl (C=O) groups excluding carboxylic acids is 2. The molecular formula is C13H13NO4. The lowest BCUT2D eigenvalue weighted by molar-refractivity contribution is 0.0588. The van der Waals surface area contributed by atoms with Gasteiger partial charge in [0.25, 0.3) is 0 Å². The van der Waals surface area contributed by atoms with Gasteiger partial charge in [0.15, 0.2) is 6.29 Å². The van der Waals surface area contributed by atoms with E-state index in [1.807, 2.05) is 0 Å². The normalized spacial score (nSPS) is 10.4. The fraction of sp³-hybridized carbons (Fsp3) is 0.231. The van der Waals surface area contributed by atoms with Crippen LogP contribution in [0.4, 0.5) is 0 Å². The van der Waals surface area contributed by atoms with Crippen molar-refractivity contribution in [3.63, 3.8) is 0 Å². The van der Waals surface area contributed by atoms with Gasteiger partial charge in [-0.1, -0.05) is 0 Å². The highest BCUT2D eigenvalue weighted by molar-refractivity contribution is 6.08. The summed E-state index contributed by atoms with van der Waals surface area (Å²) in [5.41, 5.74) is 1.34. The molecule has 5 nitrogen and oxygen atoms in total. The van der Waals surface area contributed by atoms with Crippen LogP contribution >= 0.6 is 0 Å². The number of rotatable bonds is 3. The average Bonchev–Trinajstić information content (AvgIpc) is 2.69. The van der Waals surface area contributed by atoms with E-state index in [1.165, 1.54) is 7.11 Å². The number of aldehydes is 1. The topological polar surface area (TPSA) is 57.5 Å². The standard InChI is InChI=1S/C13H13NO4/c1-14-11-5-4-8(17-2)6-9(11)10(7-15)12(14)13(16)18-3/h4-7H,1-3H3. The molecule has 2 rings (SSSR count). The number of nitrogens with zero attached hydrogens (tertiary/aromatic N) is 1. The van der Waals surface area contributed by atoms with Crippen LogP contribution in [0.5, 0.6) is 5.75 Å². The van der Waals surface area contributed by atoms with Gasteiger partial charge in [-0.2, -0.15) is 0 Å². The van der Waals surface area contributed by atoms with E-state index >= 15 is 0 Å². The molecule has 0 saturated carbocycles. The Labute approximate surface area is 104 Å². The lowest BCUT2D eigenvalue weighted by Crippen LogP contribution is -2.09. The van der Waals surface area contributed by atoms with Gasteiger partial charge in [-0.3, -0.25) is 4.79 Å². The number of hydrogen-bond acceptors (Lipinski definition) is 4. The Kier molecular flexibility index (Phi) is 3.06. The molecule has 0 saturated heterocycles. The molecule has 2 aromatic rings. The van der Waals surface area contributed by atoms with Crippen molar-refractivity contribution < 1.29 is 19.1 Å². The van der Waals surface area contributed by atoms with Crippen LogP contribution in [0.25, 0.3) is 10.9 Å². The molecule has 0 aliphatic heterocycles. The molecule has 0 aliphatic rings. The third-order valence-corrected chi connectivity index (χ3v) is 2.94. The zero-order valence-corrected chi connectivity index (χ0v) is 10.4. The van der Waals surface area contributed by atoms with Crippen LogP contribution in [0, 0.1) is 0 Å². The first-order chi connectivity index (χ1) is 8.63. The Morgan fingerprint density at radius 1 is 1.33 bits per heavy atom. The van der Waals surface area contributed by atoms with E-state index in [2.05, 4.69) is 0 Å². The molecular weight excluding hydrogens is 234 g/mol. The van der Waals surface area contributed by atoms with E-state index in [1.54, 1.807) is 36.9 Å². The maximum Gasteiger partial charge on any atom is 0.355 e. The Hall–Kier alpha value is -2.30. The number of aryl methyl sites for hydroxylation is 1. The van der Waals surface area contributed by atoms with Crippen LogP contribution in [0.2, 0.25) is 0 Å². The molecule has 94 valence electrons.